The van der Waals surface area contributed by atoms with Crippen LogP contribution in [0.5, 0.6) is 0 Å². The topological polar surface area (TPSA) is 52.6 Å². The predicted octanol–water partition coefficient (Wildman–Crippen LogP) is 5.43. The average molecular weight is 343 g/mol. The lowest BCUT2D eigenvalue weighted by Crippen LogP contribution is -2.08. The third-order valence-electron chi connectivity index (χ3n) is 4.34. The summed E-state index contributed by atoms with van der Waals surface area (Å²) in [6, 6.07) is 0. The fourth-order valence-corrected chi connectivity index (χ4v) is 2.30. The van der Waals surface area contributed by atoms with Crippen LogP contribution in [0.2, 0.25) is 0 Å². The van der Waals surface area contributed by atoms with Crippen molar-refractivity contribution < 1.29 is 19.1 Å². The molecule has 0 aromatic heterocycles. The molecule has 0 aromatic rings. The van der Waals surface area contributed by atoms with Crippen LogP contribution in [0.25, 0.3) is 0 Å². The summed E-state index contributed by atoms with van der Waals surface area (Å²) in [4.78, 5) is 23.0. The van der Waals surface area contributed by atoms with Crippen molar-refractivity contribution >= 4 is 11.9 Å². The molecule has 0 rings (SSSR count). The average Bonchev–Trinajstić information content (AvgIpc) is 2.57. The molecular formula is C20H38O4. The lowest BCUT2D eigenvalue weighted by atomic mass is 10.1. The van der Waals surface area contributed by atoms with Gasteiger partial charge in [-0.25, -0.2) is 0 Å². The zero-order valence-electron chi connectivity index (χ0n) is 16.1. The Balaban J connectivity index is 3.29. The second-order valence-corrected chi connectivity index (χ2v) is 6.72. The fourth-order valence-electron chi connectivity index (χ4n) is 2.30. The number of carbonyl (C=O) groups excluding carboxylic acids is 2. The molecule has 0 radical (unpaired) electrons. The Labute approximate surface area is 148 Å². The summed E-state index contributed by atoms with van der Waals surface area (Å²) in [7, 11) is 0. The van der Waals surface area contributed by atoms with Crippen LogP contribution < -0.4 is 0 Å². The van der Waals surface area contributed by atoms with E-state index in [2.05, 4.69) is 20.8 Å². The molecule has 0 heterocycles. The number of esters is 2. The van der Waals surface area contributed by atoms with Gasteiger partial charge in [0.05, 0.1) is 13.2 Å². The molecule has 142 valence electrons. The summed E-state index contributed by atoms with van der Waals surface area (Å²) in [5.74, 6) is 0.499. The van der Waals surface area contributed by atoms with Crippen molar-refractivity contribution in [2.75, 3.05) is 13.2 Å². The summed E-state index contributed by atoms with van der Waals surface area (Å²) < 4.78 is 10.4. The molecular weight excluding hydrogens is 304 g/mol. The largest absolute Gasteiger partial charge is 0.466 e. The molecule has 0 spiro atoms. The van der Waals surface area contributed by atoms with Gasteiger partial charge in [-0.05, 0) is 31.6 Å². The predicted molar refractivity (Wildman–Crippen MR) is 97.8 cm³/mol. The minimum atomic E-state index is -0.0661. The van der Waals surface area contributed by atoms with Crippen molar-refractivity contribution in [3.8, 4) is 0 Å². The van der Waals surface area contributed by atoms with E-state index in [0.717, 1.165) is 64.2 Å². The van der Waals surface area contributed by atoms with E-state index in [1.165, 1.54) is 0 Å². The van der Waals surface area contributed by atoms with Crippen LogP contribution in [0.3, 0.4) is 0 Å². The van der Waals surface area contributed by atoms with E-state index in [1.807, 2.05) is 0 Å². The Morgan fingerprint density at radius 1 is 0.750 bits per heavy atom. The summed E-state index contributed by atoms with van der Waals surface area (Å²) in [5, 5.41) is 0. The first-order valence-electron chi connectivity index (χ1n) is 9.91. The zero-order valence-corrected chi connectivity index (χ0v) is 16.1. The molecule has 0 amide bonds. The van der Waals surface area contributed by atoms with E-state index >= 15 is 0 Å². The van der Waals surface area contributed by atoms with Gasteiger partial charge in [0.1, 0.15) is 0 Å². The van der Waals surface area contributed by atoms with Crippen molar-refractivity contribution in [3.05, 3.63) is 0 Å². The van der Waals surface area contributed by atoms with Crippen LogP contribution in [0.15, 0.2) is 0 Å². The molecule has 24 heavy (non-hydrogen) atoms. The molecule has 0 aromatic carbocycles. The maximum Gasteiger partial charge on any atom is 0.305 e. The molecule has 0 saturated heterocycles. The first-order valence-corrected chi connectivity index (χ1v) is 9.91. The van der Waals surface area contributed by atoms with Crippen LogP contribution in [0.4, 0.5) is 0 Å². The molecule has 1 atom stereocenters. The lowest BCUT2D eigenvalue weighted by Gasteiger charge is -2.08. The number of rotatable bonds is 16. The summed E-state index contributed by atoms with van der Waals surface area (Å²) in [5.41, 5.74) is 0. The van der Waals surface area contributed by atoms with E-state index in [9.17, 15) is 9.59 Å². The minimum Gasteiger partial charge on any atom is -0.466 e. The summed E-state index contributed by atoms with van der Waals surface area (Å²) in [6.07, 6.45) is 11.3. The molecule has 4 nitrogen and oxygen atoms in total. The molecule has 0 saturated carbocycles. The van der Waals surface area contributed by atoms with Crippen molar-refractivity contribution in [2.45, 2.75) is 97.8 Å². The van der Waals surface area contributed by atoms with Gasteiger partial charge in [-0.15, -0.1) is 0 Å². The second-order valence-electron chi connectivity index (χ2n) is 6.72. The molecule has 0 aliphatic heterocycles. The van der Waals surface area contributed by atoms with Gasteiger partial charge in [0.2, 0.25) is 0 Å². The van der Waals surface area contributed by atoms with Crippen LogP contribution in [-0.2, 0) is 19.1 Å². The third-order valence-corrected chi connectivity index (χ3v) is 4.34. The highest BCUT2D eigenvalue weighted by atomic mass is 16.5. The highest BCUT2D eigenvalue weighted by Crippen LogP contribution is 2.10. The molecule has 1 unspecified atom stereocenters. The Hall–Kier alpha value is -1.06. The van der Waals surface area contributed by atoms with E-state index < -0.39 is 0 Å². The number of ether oxygens (including phenoxy) is 2. The molecule has 0 bridgehead atoms. The second kappa shape index (κ2) is 16.8. The molecule has 4 heteroatoms. The highest BCUT2D eigenvalue weighted by Gasteiger charge is 2.05. The molecule has 0 aliphatic carbocycles. The van der Waals surface area contributed by atoms with Gasteiger partial charge in [0.15, 0.2) is 0 Å². The Morgan fingerprint density at radius 3 is 1.75 bits per heavy atom. The van der Waals surface area contributed by atoms with Gasteiger partial charge in [-0.1, -0.05) is 59.3 Å². The van der Waals surface area contributed by atoms with E-state index in [4.69, 9.17) is 9.47 Å². The maximum absolute atomic E-state index is 11.6. The maximum atomic E-state index is 11.6. The van der Waals surface area contributed by atoms with Crippen LogP contribution >= 0.6 is 0 Å². The van der Waals surface area contributed by atoms with E-state index in [1.54, 1.807) is 0 Å². The lowest BCUT2D eigenvalue weighted by molar-refractivity contribution is -0.145. The fraction of sp³-hybridized carbons (Fsp3) is 0.900. The summed E-state index contributed by atoms with van der Waals surface area (Å²) in [6.45, 7) is 7.53. The standard InChI is InChI=1S/C20H38O4/c1-4-6-16-23-19(21)13-11-9-7-8-10-12-14-20(22)24-17-15-18(3)5-2/h18H,4-17H2,1-3H3. The number of hydrogen-bond donors (Lipinski definition) is 0. The molecule has 0 fully saturated rings. The quantitative estimate of drug-likeness (QED) is 0.277. The highest BCUT2D eigenvalue weighted by molar-refractivity contribution is 5.69. The van der Waals surface area contributed by atoms with Crippen molar-refractivity contribution in [3.63, 3.8) is 0 Å². The van der Waals surface area contributed by atoms with Crippen molar-refractivity contribution in [1.82, 2.24) is 0 Å². The van der Waals surface area contributed by atoms with E-state index in [0.29, 0.717) is 32.0 Å². The van der Waals surface area contributed by atoms with Gasteiger partial charge >= 0.3 is 11.9 Å². The van der Waals surface area contributed by atoms with Crippen molar-refractivity contribution in [1.29, 1.82) is 0 Å². The van der Waals surface area contributed by atoms with Crippen LogP contribution in [0, 0.1) is 5.92 Å². The molecule has 0 N–H and O–H groups in total. The SMILES string of the molecule is CCCCOC(=O)CCCCCCCCC(=O)OCCC(C)CC. The van der Waals surface area contributed by atoms with Gasteiger partial charge in [-0.3, -0.25) is 9.59 Å². The summed E-state index contributed by atoms with van der Waals surface area (Å²) >= 11 is 0. The Morgan fingerprint density at radius 2 is 1.25 bits per heavy atom. The van der Waals surface area contributed by atoms with E-state index in [-0.39, 0.29) is 11.9 Å². The van der Waals surface area contributed by atoms with Gasteiger partial charge < -0.3 is 9.47 Å². The van der Waals surface area contributed by atoms with Gasteiger partial charge in [0, 0.05) is 12.8 Å². The zero-order chi connectivity index (χ0) is 18.0. The number of hydrogen-bond acceptors (Lipinski definition) is 4. The Bertz CT molecular complexity index is 315. The normalized spacial score (nSPS) is 12.0. The first kappa shape index (κ1) is 22.9. The smallest absolute Gasteiger partial charge is 0.305 e. The van der Waals surface area contributed by atoms with Crippen molar-refractivity contribution in [2.24, 2.45) is 5.92 Å². The van der Waals surface area contributed by atoms with Crippen LogP contribution in [0.1, 0.15) is 97.8 Å². The molecule has 0 aliphatic rings. The van der Waals surface area contributed by atoms with Gasteiger partial charge in [0.25, 0.3) is 0 Å². The monoisotopic (exact) mass is 342 g/mol. The first-order chi connectivity index (χ1) is 11.6. The Kier molecular flexibility index (Phi) is 16.0. The van der Waals surface area contributed by atoms with Gasteiger partial charge in [-0.2, -0.15) is 0 Å². The third kappa shape index (κ3) is 15.8. The number of unbranched alkanes of at least 4 members (excludes halogenated alkanes) is 6. The van der Waals surface area contributed by atoms with Crippen LogP contribution in [-0.4, -0.2) is 25.2 Å². The minimum absolute atomic E-state index is 0.0619. The number of carbonyl (C=O) groups is 2.